The number of nitrogens with zero attached hydrogens (tertiary/aromatic N) is 3. The summed E-state index contributed by atoms with van der Waals surface area (Å²) in [5, 5.41) is 4.29. The predicted molar refractivity (Wildman–Crippen MR) is 94.3 cm³/mol. The minimum Gasteiger partial charge on any atom is -0.497 e. The molecule has 0 radical (unpaired) electrons. The lowest BCUT2D eigenvalue weighted by Gasteiger charge is -1.99. The fraction of sp³-hybridized carbons (Fsp3) is 0.0556. The third kappa shape index (κ3) is 2.89. The molecule has 0 saturated carbocycles. The van der Waals surface area contributed by atoms with Crippen molar-refractivity contribution >= 4 is 22.4 Å². The molecular weight excluding hydrogens is 341 g/mol. The van der Waals surface area contributed by atoms with Gasteiger partial charge in [-0.25, -0.2) is 4.39 Å². The van der Waals surface area contributed by atoms with E-state index in [0.717, 1.165) is 11.3 Å². The van der Waals surface area contributed by atoms with Gasteiger partial charge < -0.3 is 4.74 Å². The normalized spacial score (nSPS) is 12.0. The van der Waals surface area contributed by atoms with E-state index in [1.165, 1.54) is 28.0 Å². The van der Waals surface area contributed by atoms with Crippen molar-refractivity contribution < 1.29 is 9.13 Å². The first-order valence-electron chi connectivity index (χ1n) is 7.45. The van der Waals surface area contributed by atoms with E-state index >= 15 is 0 Å². The standard InChI is InChI=1S/C18H12FN3O2S/c1-24-14-7-5-12(6-8-14)16-20-18-22(21-16)17(23)15(25-18)10-11-3-2-4-13(19)9-11/h2-10H,1H3/b15-10+. The maximum absolute atomic E-state index is 13.3. The first-order valence-corrected chi connectivity index (χ1v) is 8.27. The minimum atomic E-state index is -0.345. The van der Waals surface area contributed by atoms with Crippen LogP contribution in [0.4, 0.5) is 4.39 Å². The summed E-state index contributed by atoms with van der Waals surface area (Å²) in [7, 11) is 1.60. The molecule has 2 aromatic carbocycles. The Kier molecular flexibility index (Phi) is 3.77. The SMILES string of the molecule is COc1ccc(-c2nc3s/c(=C/c4cccc(F)c4)c(=O)n3n2)cc1. The van der Waals surface area contributed by atoms with E-state index in [1.807, 2.05) is 24.3 Å². The van der Waals surface area contributed by atoms with Crippen LogP contribution in [0.1, 0.15) is 5.56 Å². The molecule has 0 aliphatic rings. The largest absolute Gasteiger partial charge is 0.497 e. The Hall–Kier alpha value is -3.06. The molecule has 0 bridgehead atoms. The van der Waals surface area contributed by atoms with Crippen molar-refractivity contribution in [2.75, 3.05) is 7.11 Å². The smallest absolute Gasteiger partial charge is 0.291 e. The zero-order valence-corrected chi connectivity index (χ0v) is 14.0. The number of methoxy groups -OCH3 is 1. The van der Waals surface area contributed by atoms with Crippen molar-refractivity contribution in [3.8, 4) is 17.1 Å². The maximum Gasteiger partial charge on any atom is 0.291 e. The summed E-state index contributed by atoms with van der Waals surface area (Å²) in [6, 6.07) is 13.4. The van der Waals surface area contributed by atoms with Crippen molar-refractivity contribution in [1.82, 2.24) is 14.6 Å². The van der Waals surface area contributed by atoms with E-state index < -0.39 is 0 Å². The Labute approximate surface area is 145 Å². The number of benzene rings is 2. The van der Waals surface area contributed by atoms with E-state index in [0.29, 0.717) is 20.9 Å². The number of halogens is 1. The quantitative estimate of drug-likeness (QED) is 0.568. The maximum atomic E-state index is 13.3. The number of thiazole rings is 1. The zero-order valence-electron chi connectivity index (χ0n) is 13.1. The number of aromatic nitrogens is 3. The lowest BCUT2D eigenvalue weighted by molar-refractivity contribution is 0.415. The molecule has 124 valence electrons. The van der Waals surface area contributed by atoms with Crippen molar-refractivity contribution in [2.45, 2.75) is 0 Å². The molecule has 0 N–H and O–H groups in total. The van der Waals surface area contributed by atoms with Gasteiger partial charge in [-0.2, -0.15) is 9.50 Å². The summed E-state index contributed by atoms with van der Waals surface area (Å²) in [4.78, 5) is 17.4. The van der Waals surface area contributed by atoms with Crippen LogP contribution in [-0.4, -0.2) is 21.7 Å². The molecular formula is C18H12FN3O2S. The Balaban J connectivity index is 1.77. The third-order valence-electron chi connectivity index (χ3n) is 3.68. The molecule has 0 saturated heterocycles. The van der Waals surface area contributed by atoms with Gasteiger partial charge in [0, 0.05) is 5.56 Å². The van der Waals surface area contributed by atoms with Crippen LogP contribution in [0, 0.1) is 5.82 Å². The van der Waals surface area contributed by atoms with Crippen LogP contribution in [0.3, 0.4) is 0 Å². The summed E-state index contributed by atoms with van der Waals surface area (Å²) in [5.74, 6) is 0.868. The zero-order chi connectivity index (χ0) is 17.4. The molecule has 4 aromatic rings. The molecule has 0 amide bonds. The van der Waals surface area contributed by atoms with Gasteiger partial charge in [0.2, 0.25) is 4.96 Å². The van der Waals surface area contributed by atoms with Crippen LogP contribution in [-0.2, 0) is 0 Å². The Morgan fingerprint density at radius 2 is 2.00 bits per heavy atom. The van der Waals surface area contributed by atoms with Crippen LogP contribution in [0.2, 0.25) is 0 Å². The predicted octanol–water partition coefficient (Wildman–Crippen LogP) is 2.51. The van der Waals surface area contributed by atoms with Gasteiger partial charge in [-0.3, -0.25) is 4.79 Å². The summed E-state index contributed by atoms with van der Waals surface area (Å²) in [6.07, 6.45) is 1.64. The molecule has 5 nitrogen and oxygen atoms in total. The Morgan fingerprint density at radius 3 is 2.68 bits per heavy atom. The monoisotopic (exact) mass is 353 g/mol. The van der Waals surface area contributed by atoms with Crippen molar-refractivity contribution in [3.63, 3.8) is 0 Å². The van der Waals surface area contributed by atoms with Crippen LogP contribution in [0.5, 0.6) is 5.75 Å². The molecule has 0 atom stereocenters. The van der Waals surface area contributed by atoms with Gasteiger partial charge in [0.05, 0.1) is 11.6 Å². The van der Waals surface area contributed by atoms with E-state index in [-0.39, 0.29) is 11.4 Å². The van der Waals surface area contributed by atoms with Gasteiger partial charge in [-0.15, -0.1) is 5.10 Å². The molecule has 0 unspecified atom stereocenters. The molecule has 0 fully saturated rings. The fourth-order valence-corrected chi connectivity index (χ4v) is 3.35. The van der Waals surface area contributed by atoms with Crippen LogP contribution in [0.15, 0.2) is 53.3 Å². The average molecular weight is 353 g/mol. The molecule has 0 aliphatic heterocycles. The second-order valence-electron chi connectivity index (χ2n) is 5.33. The Morgan fingerprint density at radius 1 is 1.20 bits per heavy atom. The lowest BCUT2D eigenvalue weighted by atomic mass is 10.2. The number of fused-ring (bicyclic) bond motifs is 1. The number of ether oxygens (including phenoxy) is 1. The highest BCUT2D eigenvalue weighted by Crippen LogP contribution is 2.20. The van der Waals surface area contributed by atoms with Crippen molar-refractivity contribution in [2.24, 2.45) is 0 Å². The molecule has 2 heterocycles. The summed E-state index contributed by atoms with van der Waals surface area (Å²) in [5.41, 5.74) is 1.15. The topological polar surface area (TPSA) is 56.5 Å². The molecule has 0 aliphatic carbocycles. The lowest BCUT2D eigenvalue weighted by Crippen LogP contribution is -2.23. The summed E-state index contributed by atoms with van der Waals surface area (Å²) < 4.78 is 20.1. The molecule has 4 rings (SSSR count). The second kappa shape index (κ2) is 6.10. The van der Waals surface area contributed by atoms with Gasteiger partial charge in [0.15, 0.2) is 5.82 Å². The number of hydrogen-bond acceptors (Lipinski definition) is 5. The van der Waals surface area contributed by atoms with E-state index in [9.17, 15) is 9.18 Å². The molecule has 7 heteroatoms. The van der Waals surface area contributed by atoms with Gasteiger partial charge >= 0.3 is 0 Å². The van der Waals surface area contributed by atoms with Crippen LogP contribution < -0.4 is 14.8 Å². The van der Waals surface area contributed by atoms with Crippen LogP contribution >= 0.6 is 11.3 Å². The average Bonchev–Trinajstić information content (AvgIpc) is 3.15. The fourth-order valence-electron chi connectivity index (χ4n) is 2.44. The van der Waals surface area contributed by atoms with E-state index in [2.05, 4.69) is 10.1 Å². The molecule has 2 aromatic heterocycles. The second-order valence-corrected chi connectivity index (χ2v) is 6.34. The highest BCUT2D eigenvalue weighted by Gasteiger charge is 2.12. The van der Waals surface area contributed by atoms with E-state index in [4.69, 9.17) is 4.74 Å². The molecule has 25 heavy (non-hydrogen) atoms. The van der Waals surface area contributed by atoms with Crippen molar-refractivity contribution in [1.29, 1.82) is 0 Å². The van der Waals surface area contributed by atoms with Gasteiger partial charge in [0.1, 0.15) is 11.6 Å². The van der Waals surface area contributed by atoms with Gasteiger partial charge in [0.25, 0.3) is 5.56 Å². The minimum absolute atomic E-state index is 0.267. The van der Waals surface area contributed by atoms with Crippen LogP contribution in [0.25, 0.3) is 22.4 Å². The molecule has 0 spiro atoms. The number of rotatable bonds is 3. The first kappa shape index (κ1) is 15.5. The summed E-state index contributed by atoms with van der Waals surface area (Å²) in [6.45, 7) is 0. The van der Waals surface area contributed by atoms with E-state index in [1.54, 1.807) is 25.3 Å². The highest BCUT2D eigenvalue weighted by molar-refractivity contribution is 7.15. The van der Waals surface area contributed by atoms with Gasteiger partial charge in [-0.05, 0) is 48.0 Å². The highest BCUT2D eigenvalue weighted by atomic mass is 32.1. The summed E-state index contributed by atoms with van der Waals surface area (Å²) >= 11 is 1.22. The first-order chi connectivity index (χ1) is 12.1. The Bertz CT molecular complexity index is 1170. The number of hydrogen-bond donors (Lipinski definition) is 0. The van der Waals surface area contributed by atoms with Crippen molar-refractivity contribution in [3.05, 3.63) is 74.8 Å². The van der Waals surface area contributed by atoms with Gasteiger partial charge in [-0.1, -0.05) is 23.5 Å². The third-order valence-corrected chi connectivity index (χ3v) is 4.64.